The molecular formula is C31H35N3O. The number of hydrogen-bond acceptors (Lipinski definition) is 4. The summed E-state index contributed by atoms with van der Waals surface area (Å²) in [5, 5.41) is 8.97. The van der Waals surface area contributed by atoms with E-state index in [-0.39, 0.29) is 0 Å². The monoisotopic (exact) mass is 465 g/mol. The lowest BCUT2D eigenvalue weighted by atomic mass is 9.97. The number of hydrogen-bond donors (Lipinski definition) is 0. The van der Waals surface area contributed by atoms with Crippen molar-refractivity contribution in [2.45, 2.75) is 45.3 Å². The molecule has 0 radical (unpaired) electrons. The van der Waals surface area contributed by atoms with Gasteiger partial charge in [0.25, 0.3) is 0 Å². The normalized spacial score (nSPS) is 17.3. The van der Waals surface area contributed by atoms with Gasteiger partial charge in [0, 0.05) is 19.6 Å². The summed E-state index contributed by atoms with van der Waals surface area (Å²) in [7, 11) is 0. The van der Waals surface area contributed by atoms with Crippen LogP contribution in [0.3, 0.4) is 0 Å². The number of piperidine rings is 1. The van der Waals surface area contributed by atoms with Crippen molar-refractivity contribution >= 4 is 0 Å². The standard InChI is InChI=1S/C31H35N3O/c32-20-25-8-10-27(11-9-25)21-33-17-14-28(15-18-33)24-35-31-13-12-30-23-34(16-4-7-29(30)19-31)22-26-5-2-1-3-6-26/h1-3,5-6,8-13,19,28H,4,7,14-18,21-24H2. The molecule has 4 nitrogen and oxygen atoms in total. The second-order valence-electron chi connectivity index (χ2n) is 10.1. The van der Waals surface area contributed by atoms with E-state index in [9.17, 15) is 0 Å². The smallest absolute Gasteiger partial charge is 0.119 e. The van der Waals surface area contributed by atoms with Crippen LogP contribution in [0.2, 0.25) is 0 Å². The predicted octanol–water partition coefficient (Wildman–Crippen LogP) is 5.80. The molecule has 0 bridgehead atoms. The van der Waals surface area contributed by atoms with Crippen LogP contribution in [0.25, 0.3) is 0 Å². The Kier molecular flexibility index (Phi) is 7.78. The molecule has 35 heavy (non-hydrogen) atoms. The molecule has 0 aliphatic carbocycles. The van der Waals surface area contributed by atoms with E-state index in [0.717, 1.165) is 63.6 Å². The minimum atomic E-state index is 0.618. The molecule has 180 valence electrons. The molecule has 0 unspecified atom stereocenters. The van der Waals surface area contributed by atoms with Crippen molar-refractivity contribution in [1.29, 1.82) is 5.26 Å². The third-order valence-corrected chi connectivity index (χ3v) is 7.42. The second kappa shape index (κ2) is 11.5. The molecule has 3 aromatic rings. The summed E-state index contributed by atoms with van der Waals surface area (Å²) >= 11 is 0. The summed E-state index contributed by atoms with van der Waals surface area (Å²) in [6, 6.07) is 27.7. The molecule has 0 spiro atoms. The zero-order valence-electron chi connectivity index (χ0n) is 20.5. The van der Waals surface area contributed by atoms with Gasteiger partial charge in [-0.25, -0.2) is 0 Å². The van der Waals surface area contributed by atoms with Crippen LogP contribution >= 0.6 is 0 Å². The van der Waals surface area contributed by atoms with Crippen LogP contribution in [0.15, 0.2) is 72.8 Å². The number of aryl methyl sites for hydroxylation is 1. The van der Waals surface area contributed by atoms with Crippen molar-refractivity contribution in [1.82, 2.24) is 9.80 Å². The first-order valence-electron chi connectivity index (χ1n) is 13.0. The molecule has 5 rings (SSSR count). The number of benzene rings is 3. The molecule has 0 atom stereocenters. The third-order valence-electron chi connectivity index (χ3n) is 7.42. The molecule has 0 N–H and O–H groups in total. The zero-order chi connectivity index (χ0) is 23.9. The van der Waals surface area contributed by atoms with Gasteiger partial charge in [0.2, 0.25) is 0 Å². The van der Waals surface area contributed by atoms with E-state index in [1.165, 1.54) is 41.5 Å². The first kappa shape index (κ1) is 23.6. The maximum absolute atomic E-state index is 8.97. The van der Waals surface area contributed by atoms with Crippen molar-refractivity contribution in [2.24, 2.45) is 5.92 Å². The van der Waals surface area contributed by atoms with E-state index < -0.39 is 0 Å². The molecule has 2 aliphatic rings. The SMILES string of the molecule is N#Cc1ccc(CN2CCC(COc3ccc4c(c3)CCCN(Cc3ccccc3)C4)CC2)cc1. The topological polar surface area (TPSA) is 39.5 Å². The molecular weight excluding hydrogens is 430 g/mol. The van der Waals surface area contributed by atoms with Crippen molar-refractivity contribution in [3.63, 3.8) is 0 Å². The lowest BCUT2D eigenvalue weighted by Crippen LogP contribution is -2.35. The molecule has 4 heteroatoms. The summed E-state index contributed by atoms with van der Waals surface area (Å²) in [6.07, 6.45) is 4.68. The number of nitrogens with zero attached hydrogens (tertiary/aromatic N) is 3. The van der Waals surface area contributed by atoms with Crippen LogP contribution in [0, 0.1) is 17.2 Å². The van der Waals surface area contributed by atoms with Gasteiger partial charge < -0.3 is 4.74 Å². The maximum atomic E-state index is 8.97. The fourth-order valence-electron chi connectivity index (χ4n) is 5.34. The van der Waals surface area contributed by atoms with Crippen molar-refractivity contribution in [2.75, 3.05) is 26.2 Å². The molecule has 0 amide bonds. The van der Waals surface area contributed by atoms with Gasteiger partial charge in [-0.1, -0.05) is 48.5 Å². The Balaban J connectivity index is 1.09. The van der Waals surface area contributed by atoms with Crippen LogP contribution in [-0.4, -0.2) is 36.0 Å². The fourth-order valence-corrected chi connectivity index (χ4v) is 5.34. The highest BCUT2D eigenvalue weighted by Crippen LogP contribution is 2.26. The molecule has 0 aromatic heterocycles. The quantitative estimate of drug-likeness (QED) is 0.442. The van der Waals surface area contributed by atoms with Crippen LogP contribution in [0.5, 0.6) is 5.75 Å². The summed E-state index contributed by atoms with van der Waals surface area (Å²) in [4.78, 5) is 5.08. The highest BCUT2D eigenvalue weighted by Gasteiger charge is 2.20. The number of ether oxygens (including phenoxy) is 1. The summed E-state index contributed by atoms with van der Waals surface area (Å²) in [5.41, 5.74) is 6.30. The van der Waals surface area contributed by atoms with Crippen molar-refractivity contribution in [3.8, 4) is 11.8 Å². The summed E-state index contributed by atoms with van der Waals surface area (Å²) in [5.74, 6) is 1.65. The Morgan fingerprint density at radius 3 is 2.31 bits per heavy atom. The van der Waals surface area contributed by atoms with Crippen LogP contribution < -0.4 is 4.74 Å². The number of fused-ring (bicyclic) bond motifs is 1. The zero-order valence-corrected chi connectivity index (χ0v) is 20.5. The molecule has 2 heterocycles. The fraction of sp³-hybridized carbons (Fsp3) is 0.387. The Labute approximate surface area is 209 Å². The average Bonchev–Trinajstić information content (AvgIpc) is 3.10. The van der Waals surface area contributed by atoms with Gasteiger partial charge in [0.05, 0.1) is 18.2 Å². The van der Waals surface area contributed by atoms with Crippen LogP contribution in [0.4, 0.5) is 0 Å². The van der Waals surface area contributed by atoms with Gasteiger partial charge in [-0.2, -0.15) is 5.26 Å². The molecule has 1 saturated heterocycles. The highest BCUT2D eigenvalue weighted by molar-refractivity contribution is 5.36. The number of rotatable bonds is 7. The Bertz CT molecular complexity index is 1130. The molecule has 3 aromatic carbocycles. The molecule has 2 aliphatic heterocycles. The van der Waals surface area contributed by atoms with Gasteiger partial charge in [0.1, 0.15) is 5.75 Å². The highest BCUT2D eigenvalue weighted by atomic mass is 16.5. The Hall–Kier alpha value is -3.13. The minimum absolute atomic E-state index is 0.618. The summed E-state index contributed by atoms with van der Waals surface area (Å²) < 4.78 is 6.29. The second-order valence-corrected chi connectivity index (χ2v) is 10.1. The van der Waals surface area contributed by atoms with Gasteiger partial charge in [-0.3, -0.25) is 9.80 Å². The predicted molar refractivity (Wildman–Crippen MR) is 140 cm³/mol. The van der Waals surface area contributed by atoms with Crippen LogP contribution in [-0.2, 0) is 26.1 Å². The number of nitriles is 1. The first-order chi connectivity index (χ1) is 17.2. The van der Waals surface area contributed by atoms with E-state index in [4.69, 9.17) is 10.00 Å². The van der Waals surface area contributed by atoms with Gasteiger partial charge in [0.15, 0.2) is 0 Å². The minimum Gasteiger partial charge on any atom is -0.493 e. The Morgan fingerprint density at radius 1 is 0.800 bits per heavy atom. The lowest BCUT2D eigenvalue weighted by molar-refractivity contribution is 0.136. The van der Waals surface area contributed by atoms with Crippen molar-refractivity contribution in [3.05, 3.63) is 101 Å². The van der Waals surface area contributed by atoms with Crippen molar-refractivity contribution < 1.29 is 4.74 Å². The molecule has 0 saturated carbocycles. The van der Waals surface area contributed by atoms with E-state index in [1.54, 1.807) is 0 Å². The van der Waals surface area contributed by atoms with E-state index in [2.05, 4.69) is 76.5 Å². The number of likely N-dealkylation sites (tertiary alicyclic amines) is 1. The van der Waals surface area contributed by atoms with Gasteiger partial charge in [-0.05, 0) is 97.8 Å². The molecule has 1 fully saturated rings. The van der Waals surface area contributed by atoms with Crippen LogP contribution in [0.1, 0.15) is 47.1 Å². The van der Waals surface area contributed by atoms with E-state index >= 15 is 0 Å². The van der Waals surface area contributed by atoms with Gasteiger partial charge >= 0.3 is 0 Å². The summed E-state index contributed by atoms with van der Waals surface area (Å²) in [6.45, 7) is 7.16. The first-order valence-corrected chi connectivity index (χ1v) is 13.0. The lowest BCUT2D eigenvalue weighted by Gasteiger charge is -2.32. The average molecular weight is 466 g/mol. The van der Waals surface area contributed by atoms with E-state index in [1.807, 2.05) is 12.1 Å². The Morgan fingerprint density at radius 2 is 1.54 bits per heavy atom. The largest absolute Gasteiger partial charge is 0.493 e. The maximum Gasteiger partial charge on any atom is 0.119 e. The van der Waals surface area contributed by atoms with Gasteiger partial charge in [-0.15, -0.1) is 0 Å². The van der Waals surface area contributed by atoms with E-state index in [0.29, 0.717) is 5.92 Å². The third kappa shape index (κ3) is 6.51.